The maximum Gasteiger partial charge on any atom is 0.326 e. The quantitative estimate of drug-likeness (QED) is 0.561. The Balaban J connectivity index is 2.65. The predicted octanol–water partition coefficient (Wildman–Crippen LogP) is 2.65. The summed E-state index contributed by atoms with van der Waals surface area (Å²) in [7, 11) is 0. The first-order valence-electron chi connectivity index (χ1n) is 5.76. The normalized spacial score (nSPS) is 11.5. The van der Waals surface area contributed by atoms with Crippen molar-refractivity contribution in [3.05, 3.63) is 27.1 Å². The lowest BCUT2D eigenvalue weighted by atomic mass is 10.1. The van der Waals surface area contributed by atoms with Gasteiger partial charge in [-0.05, 0) is 40.5 Å². The van der Waals surface area contributed by atoms with Crippen molar-refractivity contribution in [2.45, 2.75) is 18.9 Å². The minimum absolute atomic E-state index is 0.195. The fraction of sp³-hybridized carbons (Fsp3) is 0.250. The van der Waals surface area contributed by atoms with Gasteiger partial charge in [0.2, 0.25) is 0 Å². The molecule has 0 aliphatic carbocycles. The molecule has 0 saturated heterocycles. The number of amides is 2. The predicted molar refractivity (Wildman–Crippen MR) is 82.3 cm³/mol. The standard InChI is InChI=1S/C12H12Br2N2O5/c13-6-1-2-8(7(14)5-6)15-12(21)16-9(11(19)20)3-4-10(17)18/h1-2,5,9H,3-4H2,(H,17,18)(H,19,20)(H2,15,16,21)/t9-/m0/s1. The molecule has 21 heavy (non-hydrogen) atoms. The fourth-order valence-electron chi connectivity index (χ4n) is 1.43. The average Bonchev–Trinajstić information content (AvgIpc) is 2.37. The van der Waals surface area contributed by atoms with Crippen LogP contribution in [0.1, 0.15) is 12.8 Å². The van der Waals surface area contributed by atoms with Crippen molar-refractivity contribution in [2.24, 2.45) is 0 Å². The van der Waals surface area contributed by atoms with Gasteiger partial charge in [-0.2, -0.15) is 0 Å². The highest BCUT2D eigenvalue weighted by Gasteiger charge is 2.21. The first kappa shape index (κ1) is 17.4. The molecule has 0 bridgehead atoms. The lowest BCUT2D eigenvalue weighted by Crippen LogP contribution is -2.43. The van der Waals surface area contributed by atoms with Crippen molar-refractivity contribution in [3.63, 3.8) is 0 Å². The molecule has 7 nitrogen and oxygen atoms in total. The van der Waals surface area contributed by atoms with Crippen LogP contribution in [0.2, 0.25) is 0 Å². The lowest BCUT2D eigenvalue weighted by Gasteiger charge is -2.15. The molecular weight excluding hydrogens is 412 g/mol. The molecule has 0 spiro atoms. The van der Waals surface area contributed by atoms with Crippen LogP contribution in [0.15, 0.2) is 27.1 Å². The van der Waals surface area contributed by atoms with E-state index in [2.05, 4.69) is 42.5 Å². The summed E-state index contributed by atoms with van der Waals surface area (Å²) < 4.78 is 1.43. The Hall–Kier alpha value is -1.61. The molecule has 2 amide bonds. The van der Waals surface area contributed by atoms with Crippen LogP contribution in [0.5, 0.6) is 0 Å². The van der Waals surface area contributed by atoms with Crippen LogP contribution >= 0.6 is 31.9 Å². The van der Waals surface area contributed by atoms with Gasteiger partial charge >= 0.3 is 18.0 Å². The first-order valence-corrected chi connectivity index (χ1v) is 7.35. The van der Waals surface area contributed by atoms with Crippen LogP contribution in [0.25, 0.3) is 0 Å². The van der Waals surface area contributed by atoms with E-state index in [4.69, 9.17) is 10.2 Å². The third-order valence-corrected chi connectivity index (χ3v) is 3.58. The second-order valence-electron chi connectivity index (χ2n) is 4.05. The van der Waals surface area contributed by atoms with Gasteiger partial charge in [-0.25, -0.2) is 9.59 Å². The molecule has 1 aromatic rings. The number of carbonyl (C=O) groups excluding carboxylic acids is 1. The van der Waals surface area contributed by atoms with E-state index >= 15 is 0 Å². The maximum atomic E-state index is 11.7. The molecule has 1 atom stereocenters. The Bertz CT molecular complexity index is 565. The molecule has 0 aromatic heterocycles. The first-order chi connectivity index (χ1) is 9.79. The third kappa shape index (κ3) is 6.13. The molecule has 0 saturated carbocycles. The molecule has 0 fully saturated rings. The largest absolute Gasteiger partial charge is 0.481 e. The van der Waals surface area contributed by atoms with Crippen molar-refractivity contribution in [2.75, 3.05) is 5.32 Å². The van der Waals surface area contributed by atoms with Crippen LogP contribution in [0.4, 0.5) is 10.5 Å². The second kappa shape index (κ2) is 7.99. The highest BCUT2D eigenvalue weighted by molar-refractivity contribution is 9.11. The van der Waals surface area contributed by atoms with Gasteiger partial charge in [-0.1, -0.05) is 15.9 Å². The molecule has 1 aromatic carbocycles. The van der Waals surface area contributed by atoms with Gasteiger partial charge in [0, 0.05) is 15.4 Å². The van der Waals surface area contributed by atoms with E-state index in [0.29, 0.717) is 10.2 Å². The number of rotatable bonds is 6. The molecule has 0 unspecified atom stereocenters. The Morgan fingerprint density at radius 3 is 2.38 bits per heavy atom. The molecule has 4 N–H and O–H groups in total. The molecule has 0 radical (unpaired) electrons. The van der Waals surface area contributed by atoms with Crippen molar-refractivity contribution >= 4 is 55.5 Å². The number of carboxylic acid groups (broad SMARTS) is 2. The Labute approximate surface area is 137 Å². The monoisotopic (exact) mass is 422 g/mol. The van der Waals surface area contributed by atoms with E-state index in [1.54, 1.807) is 18.2 Å². The summed E-state index contributed by atoms with van der Waals surface area (Å²) in [4.78, 5) is 33.2. The second-order valence-corrected chi connectivity index (χ2v) is 5.82. The molecule has 0 heterocycles. The van der Waals surface area contributed by atoms with Gasteiger partial charge < -0.3 is 20.8 Å². The number of nitrogens with one attached hydrogen (secondary N) is 2. The van der Waals surface area contributed by atoms with E-state index in [-0.39, 0.29) is 12.8 Å². The van der Waals surface area contributed by atoms with E-state index in [1.807, 2.05) is 0 Å². The van der Waals surface area contributed by atoms with Crippen molar-refractivity contribution in [1.29, 1.82) is 0 Å². The van der Waals surface area contributed by atoms with Gasteiger partial charge in [-0.15, -0.1) is 0 Å². The smallest absolute Gasteiger partial charge is 0.326 e. The Morgan fingerprint density at radius 2 is 1.86 bits per heavy atom. The van der Waals surface area contributed by atoms with Crippen LogP contribution in [-0.2, 0) is 9.59 Å². The summed E-state index contributed by atoms with van der Waals surface area (Å²) in [5.74, 6) is -2.42. The zero-order valence-electron chi connectivity index (χ0n) is 10.6. The van der Waals surface area contributed by atoms with E-state index in [9.17, 15) is 14.4 Å². The maximum absolute atomic E-state index is 11.7. The number of urea groups is 1. The summed E-state index contributed by atoms with van der Waals surface area (Å²) in [6.07, 6.45) is -0.543. The number of carboxylic acids is 2. The van der Waals surface area contributed by atoms with Crippen LogP contribution in [-0.4, -0.2) is 34.2 Å². The van der Waals surface area contributed by atoms with E-state index in [0.717, 1.165) is 4.47 Å². The lowest BCUT2D eigenvalue weighted by molar-refractivity contribution is -0.140. The van der Waals surface area contributed by atoms with Crippen LogP contribution in [0, 0.1) is 0 Å². The SMILES string of the molecule is O=C(O)CC[C@H](NC(=O)Nc1ccc(Br)cc1Br)C(=O)O. The van der Waals surface area contributed by atoms with Gasteiger partial charge in [0.1, 0.15) is 6.04 Å². The molecule has 0 aliphatic heterocycles. The Kier molecular flexibility index (Phi) is 6.63. The van der Waals surface area contributed by atoms with Gasteiger partial charge in [0.05, 0.1) is 5.69 Å². The molecule has 9 heteroatoms. The fourth-order valence-corrected chi connectivity index (χ4v) is 2.58. The van der Waals surface area contributed by atoms with Crippen LogP contribution in [0.3, 0.4) is 0 Å². The topological polar surface area (TPSA) is 116 Å². The number of hydrogen-bond acceptors (Lipinski definition) is 3. The van der Waals surface area contributed by atoms with Crippen LogP contribution < -0.4 is 10.6 Å². The zero-order chi connectivity index (χ0) is 16.0. The summed E-state index contributed by atoms with van der Waals surface area (Å²) in [6, 6.07) is 3.06. The minimum atomic E-state index is -1.29. The summed E-state index contributed by atoms with van der Waals surface area (Å²) in [5, 5.41) is 22.2. The van der Waals surface area contributed by atoms with Crippen molar-refractivity contribution in [1.82, 2.24) is 5.32 Å². The number of halogens is 2. The summed E-state index contributed by atoms with van der Waals surface area (Å²) in [5.41, 5.74) is 0.457. The highest BCUT2D eigenvalue weighted by atomic mass is 79.9. The third-order valence-electron chi connectivity index (χ3n) is 2.43. The Morgan fingerprint density at radius 1 is 1.19 bits per heavy atom. The van der Waals surface area contributed by atoms with Crippen molar-refractivity contribution < 1.29 is 24.6 Å². The summed E-state index contributed by atoms with van der Waals surface area (Å²) >= 11 is 6.52. The number of carbonyl (C=O) groups is 3. The molecular formula is C12H12Br2N2O5. The van der Waals surface area contributed by atoms with E-state index < -0.39 is 24.0 Å². The zero-order valence-corrected chi connectivity index (χ0v) is 13.8. The minimum Gasteiger partial charge on any atom is -0.481 e. The molecule has 0 aliphatic rings. The average molecular weight is 424 g/mol. The van der Waals surface area contributed by atoms with Crippen molar-refractivity contribution in [3.8, 4) is 0 Å². The molecule has 114 valence electrons. The number of aliphatic carboxylic acids is 2. The summed E-state index contributed by atoms with van der Waals surface area (Å²) in [6.45, 7) is 0. The van der Waals surface area contributed by atoms with E-state index in [1.165, 1.54) is 0 Å². The number of hydrogen-bond donors (Lipinski definition) is 4. The highest BCUT2D eigenvalue weighted by Crippen LogP contribution is 2.26. The molecule has 1 rings (SSSR count). The van der Waals surface area contributed by atoms with Gasteiger partial charge in [0.25, 0.3) is 0 Å². The number of benzene rings is 1. The van der Waals surface area contributed by atoms with Gasteiger partial charge in [0.15, 0.2) is 0 Å². The van der Waals surface area contributed by atoms with Gasteiger partial charge in [-0.3, -0.25) is 4.79 Å². The number of anilines is 1.